The molecule has 6 rings (SSSR count). The van der Waals surface area contributed by atoms with Gasteiger partial charge in [0.25, 0.3) is 0 Å². The first-order chi connectivity index (χ1) is 20.3. The molecule has 3 amide bonds. The Kier molecular flexibility index (Phi) is 7.25. The second-order valence-electron chi connectivity index (χ2n) is 9.71. The lowest BCUT2D eigenvalue weighted by Crippen LogP contribution is -2.33. The van der Waals surface area contributed by atoms with Gasteiger partial charge in [0.05, 0.1) is 30.9 Å². The van der Waals surface area contributed by atoms with Gasteiger partial charge in [0.2, 0.25) is 17.7 Å². The Balaban J connectivity index is 1.42. The summed E-state index contributed by atoms with van der Waals surface area (Å²) >= 11 is 2.10. The largest absolute Gasteiger partial charge is 0.508 e. The topological polar surface area (TPSA) is 127 Å². The van der Waals surface area contributed by atoms with Crippen LogP contribution in [0.2, 0.25) is 0 Å². The van der Waals surface area contributed by atoms with Crippen LogP contribution in [0, 0.1) is 5.92 Å². The molecule has 0 aliphatic carbocycles. The number of phenols is 1. The molecule has 214 valence electrons. The summed E-state index contributed by atoms with van der Waals surface area (Å²) in [5.74, 6) is -1.50. The van der Waals surface area contributed by atoms with Crippen LogP contribution in [0.25, 0.3) is 0 Å². The van der Waals surface area contributed by atoms with Gasteiger partial charge in [0, 0.05) is 22.0 Å². The molecular weight excluding hydrogens is 578 g/mol. The lowest BCUT2D eigenvalue weighted by atomic mass is 9.82. The first-order valence-electron chi connectivity index (χ1n) is 12.9. The van der Waals surface area contributed by atoms with E-state index in [1.54, 1.807) is 42.5 Å². The summed E-state index contributed by atoms with van der Waals surface area (Å²) in [6, 6.07) is 19.9. The maximum Gasteiger partial charge on any atom is 0.308 e. The van der Waals surface area contributed by atoms with Crippen LogP contribution in [0.4, 0.5) is 11.4 Å². The van der Waals surface area contributed by atoms with E-state index in [-0.39, 0.29) is 23.1 Å². The number of para-hydroxylation sites is 1. The highest BCUT2D eigenvalue weighted by Crippen LogP contribution is 2.55. The Morgan fingerprint density at radius 1 is 0.929 bits per heavy atom. The van der Waals surface area contributed by atoms with Gasteiger partial charge in [-0.1, -0.05) is 41.3 Å². The van der Waals surface area contributed by atoms with Crippen LogP contribution in [0.15, 0.2) is 82.6 Å². The third-order valence-electron chi connectivity index (χ3n) is 7.31. The van der Waals surface area contributed by atoms with Crippen molar-refractivity contribution in [1.82, 2.24) is 4.57 Å². The lowest BCUT2D eigenvalue weighted by Gasteiger charge is -2.31. The number of ether oxygens (including phenoxy) is 2. The first kappa shape index (κ1) is 27.6. The van der Waals surface area contributed by atoms with E-state index in [1.807, 2.05) is 18.2 Å². The van der Waals surface area contributed by atoms with Crippen molar-refractivity contribution in [3.05, 3.63) is 92.9 Å². The molecule has 3 heterocycles. The van der Waals surface area contributed by atoms with Crippen LogP contribution in [-0.4, -0.2) is 46.9 Å². The summed E-state index contributed by atoms with van der Waals surface area (Å²) in [5.41, 5.74) is 1.56. The molecule has 4 aromatic rings. The molecule has 0 unspecified atom stereocenters. The zero-order valence-corrected chi connectivity index (χ0v) is 24.1. The number of hydrogen-bond acceptors (Lipinski definition) is 9. The van der Waals surface area contributed by atoms with Gasteiger partial charge < -0.3 is 19.9 Å². The standard InChI is InChI=1S/C30H25N3O7S2/c1-39-19-13-9-17(10-14-19)33-27(36)24-23(20-5-3-4-6-21(20)40-2)26-29(41-25(24)28(33)37)32(30(38)42-26)15-22(35)31-16-7-11-18(34)12-8-16/h3-14,23-25,34H,15H2,1-2H3,(H,31,35)/t23-,24-,25+/m0/s1. The summed E-state index contributed by atoms with van der Waals surface area (Å²) in [6.45, 7) is -0.293. The quantitative estimate of drug-likeness (QED) is 0.239. The number of anilines is 2. The zero-order chi connectivity index (χ0) is 29.5. The molecule has 2 aliphatic heterocycles. The van der Waals surface area contributed by atoms with Crippen molar-refractivity contribution >= 4 is 52.2 Å². The summed E-state index contributed by atoms with van der Waals surface area (Å²) < 4.78 is 12.2. The average Bonchev–Trinajstić information content (AvgIpc) is 3.44. The summed E-state index contributed by atoms with van der Waals surface area (Å²) in [4.78, 5) is 55.7. The number of benzene rings is 3. The molecular formula is C30H25N3O7S2. The van der Waals surface area contributed by atoms with Crippen molar-refractivity contribution in [2.45, 2.75) is 22.7 Å². The van der Waals surface area contributed by atoms with E-state index in [2.05, 4.69) is 5.32 Å². The van der Waals surface area contributed by atoms with Gasteiger partial charge >= 0.3 is 4.87 Å². The molecule has 0 saturated carbocycles. The minimum absolute atomic E-state index is 0.0592. The van der Waals surface area contributed by atoms with E-state index < -0.39 is 28.9 Å². The van der Waals surface area contributed by atoms with Crippen molar-refractivity contribution in [3.8, 4) is 17.2 Å². The van der Waals surface area contributed by atoms with E-state index in [9.17, 15) is 24.3 Å². The maximum absolute atomic E-state index is 14.1. The van der Waals surface area contributed by atoms with Crippen LogP contribution in [-0.2, 0) is 20.9 Å². The number of phenolic OH excluding ortho intramolecular Hbond substituents is 1. The molecule has 2 aliphatic rings. The van der Waals surface area contributed by atoms with E-state index in [4.69, 9.17) is 9.47 Å². The van der Waals surface area contributed by atoms with Gasteiger partial charge in [-0.15, -0.1) is 0 Å². The molecule has 1 saturated heterocycles. The summed E-state index contributed by atoms with van der Waals surface area (Å²) in [5, 5.41) is 11.9. The van der Waals surface area contributed by atoms with Crippen molar-refractivity contribution in [1.29, 1.82) is 0 Å². The second-order valence-corrected chi connectivity index (χ2v) is 11.8. The number of methoxy groups -OCH3 is 2. The number of rotatable bonds is 7. The number of nitrogens with one attached hydrogen (secondary N) is 1. The SMILES string of the molecule is COc1ccc(N2C(=O)[C@H]3[C@H](c4ccccc4OC)c4sc(=O)n(CC(=O)Nc5ccc(O)cc5)c4S[C@H]3C2=O)cc1. The molecule has 0 radical (unpaired) electrons. The zero-order valence-electron chi connectivity index (χ0n) is 22.5. The summed E-state index contributed by atoms with van der Waals surface area (Å²) in [6.07, 6.45) is 0. The predicted octanol–water partition coefficient (Wildman–Crippen LogP) is 4.07. The monoisotopic (exact) mass is 603 g/mol. The number of fused-ring (bicyclic) bond motifs is 2. The fourth-order valence-electron chi connectivity index (χ4n) is 5.39. The summed E-state index contributed by atoms with van der Waals surface area (Å²) in [7, 11) is 3.06. The van der Waals surface area contributed by atoms with Crippen LogP contribution in [0.5, 0.6) is 17.2 Å². The smallest absolute Gasteiger partial charge is 0.308 e. The highest BCUT2D eigenvalue weighted by Gasteiger charge is 2.57. The number of thioether (sulfide) groups is 1. The molecule has 0 spiro atoms. The Morgan fingerprint density at radius 3 is 2.33 bits per heavy atom. The number of thiazole rings is 1. The molecule has 3 atom stereocenters. The van der Waals surface area contributed by atoms with Gasteiger partial charge in [0.1, 0.15) is 29.0 Å². The van der Waals surface area contributed by atoms with Gasteiger partial charge in [-0.25, -0.2) is 4.90 Å². The molecule has 42 heavy (non-hydrogen) atoms. The Morgan fingerprint density at radius 2 is 1.64 bits per heavy atom. The number of hydrogen-bond donors (Lipinski definition) is 2. The van der Waals surface area contributed by atoms with E-state index >= 15 is 0 Å². The number of aromatic nitrogens is 1. The molecule has 1 fully saturated rings. The number of nitrogens with zero attached hydrogens (tertiary/aromatic N) is 2. The molecule has 1 aromatic heterocycles. The Bertz CT molecular complexity index is 1750. The minimum atomic E-state index is -0.831. The van der Waals surface area contributed by atoms with Crippen LogP contribution < -0.4 is 24.6 Å². The molecule has 3 aromatic carbocycles. The third kappa shape index (κ3) is 4.72. The van der Waals surface area contributed by atoms with Crippen molar-refractivity contribution < 1.29 is 29.0 Å². The van der Waals surface area contributed by atoms with Gasteiger partial charge in [-0.05, 0) is 54.6 Å². The predicted molar refractivity (Wildman–Crippen MR) is 159 cm³/mol. The second kappa shape index (κ2) is 11.0. The highest BCUT2D eigenvalue weighted by molar-refractivity contribution is 8.00. The molecule has 12 heteroatoms. The van der Waals surface area contributed by atoms with Gasteiger partial charge in [0.15, 0.2) is 0 Å². The van der Waals surface area contributed by atoms with Crippen molar-refractivity contribution in [3.63, 3.8) is 0 Å². The number of carbonyl (C=O) groups excluding carboxylic acids is 3. The number of amides is 3. The van der Waals surface area contributed by atoms with Gasteiger partial charge in [-0.3, -0.25) is 23.7 Å². The third-order valence-corrected chi connectivity index (χ3v) is 9.91. The van der Waals surface area contributed by atoms with Crippen LogP contribution in [0.1, 0.15) is 16.4 Å². The Hall–Kier alpha value is -4.55. The molecule has 2 N–H and O–H groups in total. The maximum atomic E-state index is 14.1. The lowest BCUT2D eigenvalue weighted by molar-refractivity contribution is -0.122. The fraction of sp³-hybridized carbons (Fsp3) is 0.200. The highest BCUT2D eigenvalue weighted by atomic mass is 32.2. The van der Waals surface area contributed by atoms with Crippen molar-refractivity contribution in [2.24, 2.45) is 5.92 Å². The number of imide groups is 1. The van der Waals surface area contributed by atoms with E-state index in [0.717, 1.165) is 23.1 Å². The van der Waals surface area contributed by atoms with Gasteiger partial charge in [-0.2, -0.15) is 0 Å². The van der Waals surface area contributed by atoms with Crippen LogP contribution in [0.3, 0.4) is 0 Å². The van der Waals surface area contributed by atoms with E-state index in [1.165, 1.54) is 35.8 Å². The van der Waals surface area contributed by atoms with Crippen molar-refractivity contribution in [2.75, 3.05) is 24.4 Å². The molecule has 10 nitrogen and oxygen atoms in total. The Labute approximate surface area is 248 Å². The molecule has 0 bridgehead atoms. The minimum Gasteiger partial charge on any atom is -0.508 e. The average molecular weight is 604 g/mol. The van der Waals surface area contributed by atoms with Crippen LogP contribution >= 0.6 is 23.1 Å². The normalized spacial score (nSPS) is 19.3. The fourth-order valence-corrected chi connectivity index (χ4v) is 8.15. The number of aromatic hydroxyl groups is 1. The number of carbonyl (C=O) groups is 3. The first-order valence-corrected chi connectivity index (χ1v) is 14.6. The van der Waals surface area contributed by atoms with E-state index in [0.29, 0.717) is 38.3 Å².